The molecule has 6 heteroatoms. The van der Waals surface area contributed by atoms with Gasteiger partial charge in [-0.15, -0.1) is 62.0 Å². The molecule has 3 aromatic carbocycles. The second kappa shape index (κ2) is 14.0. The first kappa shape index (κ1) is 29.7. The van der Waals surface area contributed by atoms with Crippen LogP contribution in [-0.2, 0) is 3.43 Å². The number of benzene rings is 3. The van der Waals surface area contributed by atoms with Crippen molar-refractivity contribution in [1.82, 2.24) is 0 Å². The van der Waals surface area contributed by atoms with E-state index in [0.717, 1.165) is 0 Å². The summed E-state index contributed by atoms with van der Waals surface area (Å²) in [6.45, 7) is 0. The molecule has 0 aliphatic rings. The molecule has 0 spiro atoms. The molecular formula is C19H20Cl5Sn. The van der Waals surface area contributed by atoms with Gasteiger partial charge in [0.25, 0.3) is 0 Å². The van der Waals surface area contributed by atoms with Gasteiger partial charge in [-0.05, 0) is 0 Å². The van der Waals surface area contributed by atoms with Crippen molar-refractivity contribution in [3.63, 3.8) is 0 Å². The van der Waals surface area contributed by atoms with E-state index in [-0.39, 0.29) is 65.5 Å². The van der Waals surface area contributed by atoms with Crippen LogP contribution in [0, 0.1) is 0 Å². The third-order valence-electron chi connectivity index (χ3n) is 3.62. The van der Waals surface area contributed by atoms with Crippen LogP contribution in [-0.4, -0.2) is 22.5 Å². The molecule has 0 N–H and O–H groups in total. The average molecular weight is 544 g/mol. The average Bonchev–Trinajstić information content (AvgIpc) is 2.56. The molecule has 0 nitrogen and oxygen atoms in total. The molecule has 3 radical (unpaired) electrons. The van der Waals surface area contributed by atoms with E-state index in [2.05, 4.69) is 91.0 Å². The summed E-state index contributed by atoms with van der Waals surface area (Å²) in [5.41, 5.74) is 4.07. The van der Waals surface area contributed by atoms with Crippen LogP contribution < -0.4 is 0 Å². The van der Waals surface area contributed by atoms with E-state index in [1.54, 1.807) is 0 Å². The molecule has 0 bridgehead atoms. The number of hydrogen-bond donors (Lipinski definition) is 0. The van der Waals surface area contributed by atoms with Crippen molar-refractivity contribution in [3.05, 3.63) is 108 Å². The predicted octanol–water partition coefficient (Wildman–Crippen LogP) is 6.26. The van der Waals surface area contributed by atoms with Crippen LogP contribution in [0.15, 0.2) is 91.0 Å². The normalized spacial score (nSPS) is 9.00. The fourth-order valence-corrected chi connectivity index (χ4v) is 3.99. The van der Waals surface area contributed by atoms with Gasteiger partial charge in [0, 0.05) is 0 Å². The quantitative estimate of drug-likeness (QED) is 0.270. The predicted molar refractivity (Wildman–Crippen MR) is 121 cm³/mol. The SMILES string of the molecule is Cl.Cl.Cl.Cl.Cl.[Sn][C](c1ccccc1)(c1ccccc1)c1ccccc1. The summed E-state index contributed by atoms with van der Waals surface area (Å²) in [4.78, 5) is 0. The van der Waals surface area contributed by atoms with Crippen LogP contribution in [0.5, 0.6) is 0 Å². The maximum absolute atomic E-state index is 2.23. The van der Waals surface area contributed by atoms with Crippen molar-refractivity contribution in [2.24, 2.45) is 0 Å². The fraction of sp³-hybridized carbons (Fsp3) is 0.0526. The number of rotatable bonds is 3. The van der Waals surface area contributed by atoms with Crippen molar-refractivity contribution < 1.29 is 0 Å². The van der Waals surface area contributed by atoms with Crippen molar-refractivity contribution in [2.75, 3.05) is 0 Å². The number of hydrogen-bond acceptors (Lipinski definition) is 0. The summed E-state index contributed by atoms with van der Waals surface area (Å²) in [5.74, 6) is 0. The second-order valence-electron chi connectivity index (χ2n) is 4.85. The molecule has 0 unspecified atom stereocenters. The van der Waals surface area contributed by atoms with E-state index in [0.29, 0.717) is 0 Å². The first-order valence-corrected chi connectivity index (χ1v) is 8.16. The molecule has 3 aromatic rings. The van der Waals surface area contributed by atoms with Crippen molar-refractivity contribution >= 4 is 84.6 Å². The summed E-state index contributed by atoms with van der Waals surface area (Å²) in [6.07, 6.45) is 0. The van der Waals surface area contributed by atoms with Gasteiger partial charge in [-0.25, -0.2) is 0 Å². The molecule has 0 fully saturated rings. The zero-order valence-electron chi connectivity index (χ0n) is 13.2. The minimum absolute atomic E-state index is 0. The molecule has 0 aliphatic carbocycles. The van der Waals surface area contributed by atoms with Crippen molar-refractivity contribution in [1.29, 1.82) is 0 Å². The summed E-state index contributed by atoms with van der Waals surface area (Å²) >= 11 is 1.48. The Morgan fingerprint density at radius 1 is 0.400 bits per heavy atom. The third kappa shape index (κ3) is 6.53. The Morgan fingerprint density at radius 2 is 0.600 bits per heavy atom. The molecule has 135 valence electrons. The van der Waals surface area contributed by atoms with Crippen LogP contribution in [0.4, 0.5) is 0 Å². The van der Waals surface area contributed by atoms with Gasteiger partial charge in [0.05, 0.1) is 0 Å². The Balaban J connectivity index is -0.000000968. The van der Waals surface area contributed by atoms with Gasteiger partial charge in [-0.1, -0.05) is 0 Å². The van der Waals surface area contributed by atoms with E-state index >= 15 is 0 Å². The molecule has 0 heterocycles. The summed E-state index contributed by atoms with van der Waals surface area (Å²) in [5, 5.41) is 0. The zero-order valence-corrected chi connectivity index (χ0v) is 20.1. The van der Waals surface area contributed by atoms with Gasteiger partial charge in [-0.3, -0.25) is 0 Å². The second-order valence-corrected chi connectivity index (χ2v) is 6.99. The monoisotopic (exact) mass is 543 g/mol. The van der Waals surface area contributed by atoms with Gasteiger partial charge in [0.15, 0.2) is 0 Å². The topological polar surface area (TPSA) is 0 Å². The molecule has 0 saturated carbocycles. The Kier molecular flexibility index (Phi) is 16.6. The van der Waals surface area contributed by atoms with Gasteiger partial charge in [0.2, 0.25) is 0 Å². The molecular weight excluding hydrogens is 524 g/mol. The maximum atomic E-state index is 2.23. The van der Waals surface area contributed by atoms with Crippen molar-refractivity contribution in [3.8, 4) is 0 Å². The van der Waals surface area contributed by atoms with Gasteiger partial charge in [0.1, 0.15) is 0 Å². The Labute approximate surface area is 194 Å². The van der Waals surface area contributed by atoms with E-state index < -0.39 is 0 Å². The number of halogens is 5. The molecule has 0 amide bonds. The van der Waals surface area contributed by atoms with E-state index in [9.17, 15) is 0 Å². The van der Waals surface area contributed by atoms with E-state index in [4.69, 9.17) is 0 Å². The Morgan fingerprint density at radius 3 is 0.800 bits per heavy atom. The van der Waals surface area contributed by atoms with Gasteiger partial charge < -0.3 is 0 Å². The van der Waals surface area contributed by atoms with Gasteiger partial charge >= 0.3 is 134 Å². The van der Waals surface area contributed by atoms with Crippen LogP contribution in [0.1, 0.15) is 16.7 Å². The fourth-order valence-electron chi connectivity index (χ4n) is 2.56. The molecule has 0 atom stereocenters. The van der Waals surface area contributed by atoms with Crippen molar-refractivity contribution in [2.45, 2.75) is 3.43 Å². The Hall–Kier alpha value is -0.0913. The Bertz CT molecular complexity index is 581. The summed E-state index contributed by atoms with van der Waals surface area (Å²) < 4.78 is -0.0312. The summed E-state index contributed by atoms with van der Waals surface area (Å²) in [6, 6.07) is 32.4. The van der Waals surface area contributed by atoms with Crippen LogP contribution in [0.3, 0.4) is 0 Å². The molecule has 25 heavy (non-hydrogen) atoms. The standard InChI is InChI=1S/C19H15.5ClH.Sn/c1-4-10-16(11-5-1)19(17-12-6-2-7-13-17)18-14-8-3-9-15-18;;;;;;/h1-15H;5*1H;. The van der Waals surface area contributed by atoms with Crippen LogP contribution >= 0.6 is 62.0 Å². The third-order valence-corrected chi connectivity index (χ3v) is 6.09. The first-order valence-electron chi connectivity index (χ1n) is 6.73. The van der Waals surface area contributed by atoms with Crippen LogP contribution in [0.25, 0.3) is 0 Å². The molecule has 0 aliphatic heterocycles. The first-order chi connectivity index (χ1) is 9.82. The van der Waals surface area contributed by atoms with E-state index in [1.165, 1.54) is 39.2 Å². The summed E-state index contributed by atoms with van der Waals surface area (Å²) in [7, 11) is 0. The minimum atomic E-state index is -0.0312. The molecule has 0 saturated heterocycles. The molecule has 3 rings (SSSR count). The van der Waals surface area contributed by atoms with E-state index in [1.807, 2.05) is 0 Å². The molecule has 0 aromatic heterocycles. The zero-order chi connectivity index (χ0) is 13.8. The van der Waals surface area contributed by atoms with Gasteiger partial charge in [-0.2, -0.15) is 0 Å². The van der Waals surface area contributed by atoms with Crippen LogP contribution in [0.2, 0.25) is 0 Å².